The molecule has 0 spiro atoms. The Labute approximate surface area is 655 Å². The number of ether oxygens (including phenoxy) is 5. The first-order valence-electron chi connectivity index (χ1n) is 43.7. The number of nitrogens with one attached hydrogen (secondary N) is 4. The number of hydrogen-bond donors (Lipinski definition) is 15. The molecule has 3 heterocycles. The van der Waals surface area contributed by atoms with Gasteiger partial charge in [0.2, 0.25) is 23.6 Å². The molecule has 638 valence electrons. The van der Waals surface area contributed by atoms with Crippen LogP contribution in [0.2, 0.25) is 0 Å². The Kier molecular flexibility index (Phi) is 57.4. The van der Waals surface area contributed by atoms with Crippen molar-refractivity contribution in [1.29, 1.82) is 0 Å². The highest BCUT2D eigenvalue weighted by molar-refractivity contribution is 5.79. The third-order valence-electron chi connectivity index (χ3n) is 21.9. The molecule has 4 amide bonds. The number of carbonyl (C=O) groups is 5. The molecule has 0 aromatic rings. The Bertz CT molecular complexity index is 2330. The minimum absolute atomic E-state index is 0.258. The summed E-state index contributed by atoms with van der Waals surface area (Å²) in [6.07, 6.45) is 25.1. The van der Waals surface area contributed by atoms with Crippen LogP contribution in [-0.2, 0) is 47.7 Å². The van der Waals surface area contributed by atoms with Gasteiger partial charge in [-0.15, -0.1) is 0 Å². The standard InChI is InChI=1S/C84H156N4O21/c1-5-9-13-17-21-25-27-29-30-32-34-38-42-45-49-53-63(92)57-69(96)87-73-71(85-67(94)55-61(90)51-47-43-39-35-23-19-15-11-7-3)75(98)65(59-89)106-82(73)105-60-66-76(99)72(86-68(95)56-62(91)52-48-44-40-36-24-20-16-12-8-4)74(83(107-66)109-84-79(102)77(100)78(101)80(108-84)81(103)104)88-70(97)58-64(93)54-50-46-41-37-33-31-28-26-22-18-14-10-6-2/h25,27,61-66,71-80,82-84,89-93,98-102H,5-24,26,28-60H2,1-4H3,(H,85,94)(H,86,95)(H,87,96)(H,88,97)(H,103,104)/b27-25+/t61-,62-,63-,64-,65-,66-,71-,72-,73-,74-,75-,76-,77+,78+,79-,80+,82-,83-,84-/m1/s1. The van der Waals surface area contributed by atoms with Crippen LogP contribution >= 0.6 is 0 Å². The fourth-order valence-electron chi connectivity index (χ4n) is 15.1. The first kappa shape index (κ1) is 99.7. The van der Waals surface area contributed by atoms with Crippen LogP contribution in [0.15, 0.2) is 12.2 Å². The minimum atomic E-state index is -2.18. The van der Waals surface area contributed by atoms with Gasteiger partial charge >= 0.3 is 5.97 Å². The number of unbranched alkanes of at least 4 members (excludes halogenated alkanes) is 39. The number of carboxylic acid groups (broad SMARTS) is 1. The van der Waals surface area contributed by atoms with E-state index in [0.29, 0.717) is 38.5 Å². The van der Waals surface area contributed by atoms with E-state index in [-0.39, 0.29) is 12.8 Å². The molecule has 3 rings (SSSR count). The molecule has 15 N–H and O–H groups in total. The van der Waals surface area contributed by atoms with Crippen LogP contribution in [0.1, 0.15) is 362 Å². The van der Waals surface area contributed by atoms with E-state index in [1.54, 1.807) is 0 Å². The predicted molar refractivity (Wildman–Crippen MR) is 421 cm³/mol. The van der Waals surface area contributed by atoms with Crippen LogP contribution < -0.4 is 21.3 Å². The Morgan fingerprint density at radius 2 is 0.624 bits per heavy atom. The number of carbonyl (C=O) groups excluding carboxylic acids is 4. The zero-order chi connectivity index (χ0) is 79.8. The lowest BCUT2D eigenvalue weighted by atomic mass is 9.92. The molecular weight excluding hydrogens is 1400 g/mol. The minimum Gasteiger partial charge on any atom is -0.479 e. The fourth-order valence-corrected chi connectivity index (χ4v) is 15.1. The molecule has 0 bridgehead atoms. The molecule has 25 heteroatoms. The summed E-state index contributed by atoms with van der Waals surface area (Å²) in [5.41, 5.74) is 0. The van der Waals surface area contributed by atoms with Gasteiger partial charge in [-0.2, -0.15) is 0 Å². The number of hydrogen-bond acceptors (Lipinski definition) is 20. The second kappa shape index (κ2) is 62.8. The molecular formula is C84H156N4O21. The number of amides is 4. The zero-order valence-corrected chi connectivity index (χ0v) is 67.8. The van der Waals surface area contributed by atoms with Gasteiger partial charge in [0.1, 0.15) is 54.8 Å². The van der Waals surface area contributed by atoms with E-state index >= 15 is 0 Å². The third-order valence-corrected chi connectivity index (χ3v) is 21.9. The lowest BCUT2D eigenvalue weighted by Gasteiger charge is -2.48. The molecule has 3 fully saturated rings. The summed E-state index contributed by atoms with van der Waals surface area (Å²) in [5, 5.41) is 134. The number of rotatable bonds is 68. The first-order valence-corrected chi connectivity index (χ1v) is 43.7. The van der Waals surface area contributed by atoms with Gasteiger partial charge in [0.05, 0.1) is 75.4 Å². The van der Waals surface area contributed by atoms with Gasteiger partial charge in [0.25, 0.3) is 0 Å². The molecule has 0 unspecified atom stereocenters. The Morgan fingerprint density at radius 1 is 0.339 bits per heavy atom. The average molecular weight is 1560 g/mol. The highest BCUT2D eigenvalue weighted by Gasteiger charge is 2.54. The Morgan fingerprint density at radius 3 is 0.954 bits per heavy atom. The van der Waals surface area contributed by atoms with Crippen molar-refractivity contribution < 1.29 is 104 Å². The summed E-state index contributed by atoms with van der Waals surface area (Å²) < 4.78 is 30.7. The van der Waals surface area contributed by atoms with E-state index < -0.39 is 185 Å². The molecule has 0 aliphatic carbocycles. The quantitative estimate of drug-likeness (QED) is 0.0199. The van der Waals surface area contributed by atoms with Crippen molar-refractivity contribution in [2.75, 3.05) is 13.2 Å². The van der Waals surface area contributed by atoms with Crippen molar-refractivity contribution in [3.05, 3.63) is 12.2 Å². The SMILES string of the molecule is CCCCCC/C=C/CCCCCCCCC[C@@H](O)CC(=O)N[C@H]1[C@H](OC[C@H]2O[C@H](O[C@H]3O[C@H](C(=O)O)[C@@H](O)[C@H](O)[C@H]3O)[C@H](NC(=O)C[C@H](O)CCCCCCCCCCCCCCC)[C@@H](NC(=O)C[C@H](O)CCCCCCCCCCC)[C@@H]2O)O[C@H](CO)[C@@H](O)[C@@H]1NC(=O)C[C@H](O)CCCCCCCCCCC. The molecule has 109 heavy (non-hydrogen) atoms. The van der Waals surface area contributed by atoms with Crippen LogP contribution in [0.25, 0.3) is 0 Å². The maximum absolute atomic E-state index is 14.3. The largest absolute Gasteiger partial charge is 0.479 e. The van der Waals surface area contributed by atoms with E-state index in [2.05, 4.69) is 61.1 Å². The van der Waals surface area contributed by atoms with Gasteiger partial charge in [-0.3, -0.25) is 19.2 Å². The number of aliphatic carboxylic acids is 1. The number of carboxylic acids is 1. The molecule has 3 aliphatic rings. The molecule has 19 atom stereocenters. The van der Waals surface area contributed by atoms with Crippen molar-refractivity contribution in [1.82, 2.24) is 21.3 Å². The van der Waals surface area contributed by atoms with Gasteiger partial charge in [-0.25, -0.2) is 4.79 Å². The van der Waals surface area contributed by atoms with Crippen molar-refractivity contribution in [2.24, 2.45) is 0 Å². The molecule has 3 saturated heterocycles. The summed E-state index contributed by atoms with van der Waals surface area (Å²) >= 11 is 0. The molecule has 0 aromatic heterocycles. The second-order valence-electron chi connectivity index (χ2n) is 31.9. The van der Waals surface area contributed by atoms with E-state index in [9.17, 15) is 80.1 Å². The normalized spacial score (nSPS) is 25.6. The van der Waals surface area contributed by atoms with E-state index in [1.165, 1.54) is 103 Å². The van der Waals surface area contributed by atoms with Crippen molar-refractivity contribution in [2.45, 2.75) is 478 Å². The Hall–Kier alpha value is -3.51. The number of aliphatic hydroxyl groups is 10. The highest BCUT2D eigenvalue weighted by Crippen LogP contribution is 2.32. The van der Waals surface area contributed by atoms with Crippen LogP contribution in [0, 0.1) is 0 Å². The summed E-state index contributed by atoms with van der Waals surface area (Å²) in [4.78, 5) is 69.2. The molecule has 25 nitrogen and oxygen atoms in total. The molecule has 0 radical (unpaired) electrons. The van der Waals surface area contributed by atoms with Gasteiger partial charge in [0, 0.05) is 0 Å². The van der Waals surface area contributed by atoms with Gasteiger partial charge in [-0.05, 0) is 51.4 Å². The second-order valence-corrected chi connectivity index (χ2v) is 31.9. The fraction of sp³-hybridized carbons (Fsp3) is 0.917. The molecule has 3 aliphatic heterocycles. The van der Waals surface area contributed by atoms with Crippen LogP contribution in [-0.4, -0.2) is 215 Å². The van der Waals surface area contributed by atoms with E-state index in [0.717, 1.165) is 154 Å². The molecule has 0 aromatic carbocycles. The van der Waals surface area contributed by atoms with Crippen LogP contribution in [0.4, 0.5) is 0 Å². The monoisotopic (exact) mass is 1560 g/mol. The lowest BCUT2D eigenvalue weighted by molar-refractivity contribution is -0.356. The lowest BCUT2D eigenvalue weighted by Crippen LogP contribution is -2.72. The van der Waals surface area contributed by atoms with Gasteiger partial charge in [-0.1, -0.05) is 297 Å². The number of allylic oxidation sites excluding steroid dienone is 2. The predicted octanol–water partition coefficient (Wildman–Crippen LogP) is 11.4. The topological polar surface area (TPSA) is 402 Å². The zero-order valence-electron chi connectivity index (χ0n) is 67.8. The van der Waals surface area contributed by atoms with Crippen LogP contribution in [0.5, 0.6) is 0 Å². The summed E-state index contributed by atoms with van der Waals surface area (Å²) in [6.45, 7) is 7.11. The number of aliphatic hydroxyl groups excluding tert-OH is 10. The van der Waals surface area contributed by atoms with Gasteiger partial charge in [0.15, 0.2) is 25.0 Å². The van der Waals surface area contributed by atoms with Crippen molar-refractivity contribution in [3.63, 3.8) is 0 Å². The van der Waals surface area contributed by atoms with E-state index in [4.69, 9.17) is 23.7 Å². The van der Waals surface area contributed by atoms with Crippen molar-refractivity contribution >= 4 is 29.6 Å². The Balaban J connectivity index is 1.96. The third kappa shape index (κ3) is 44.3. The van der Waals surface area contributed by atoms with E-state index in [1.807, 2.05) is 0 Å². The summed E-state index contributed by atoms with van der Waals surface area (Å²) in [6, 6.07) is -6.41. The smallest absolute Gasteiger partial charge is 0.335 e. The average Bonchev–Trinajstić information content (AvgIpc) is 0.779. The van der Waals surface area contributed by atoms with Gasteiger partial charge < -0.3 is 101 Å². The first-order chi connectivity index (χ1) is 52.7. The highest BCUT2D eigenvalue weighted by atomic mass is 16.8. The maximum atomic E-state index is 14.3. The summed E-state index contributed by atoms with van der Waals surface area (Å²) in [5.74, 6) is -4.82. The van der Waals surface area contributed by atoms with Crippen molar-refractivity contribution in [3.8, 4) is 0 Å². The summed E-state index contributed by atoms with van der Waals surface area (Å²) in [7, 11) is 0. The van der Waals surface area contributed by atoms with Crippen LogP contribution in [0.3, 0.4) is 0 Å². The maximum Gasteiger partial charge on any atom is 0.335 e. The molecule has 0 saturated carbocycles.